The molecule has 11 heavy (non-hydrogen) atoms. The second kappa shape index (κ2) is 3.03. The minimum atomic E-state index is -4.88. The summed E-state index contributed by atoms with van der Waals surface area (Å²) in [7, 11) is -9.75. The van der Waals surface area contributed by atoms with Gasteiger partial charge in [-0.1, -0.05) is 0 Å². The van der Waals surface area contributed by atoms with Crippen LogP contribution in [0.25, 0.3) is 0 Å². The molecule has 67 valence electrons. The third-order valence-electron chi connectivity index (χ3n) is 0.773. The van der Waals surface area contributed by atoms with Crippen molar-refractivity contribution in [2.45, 2.75) is 6.92 Å². The third kappa shape index (κ3) is 3.12. The lowest BCUT2D eigenvalue weighted by Gasteiger charge is -1.97. The van der Waals surface area contributed by atoms with Gasteiger partial charge in [0.1, 0.15) is 3.71 Å². The summed E-state index contributed by atoms with van der Waals surface area (Å²) in [5.74, 6) is 0. The molecular formula is C2H7NO6S2+. The van der Waals surface area contributed by atoms with Gasteiger partial charge in [0.25, 0.3) is 0 Å². The lowest BCUT2D eigenvalue weighted by molar-refractivity contribution is 0.422. The monoisotopic (exact) mass is 205 g/mol. The van der Waals surface area contributed by atoms with E-state index in [-0.39, 0.29) is 0 Å². The van der Waals surface area contributed by atoms with Crippen molar-refractivity contribution >= 4 is 20.6 Å². The van der Waals surface area contributed by atoms with E-state index in [9.17, 15) is 16.8 Å². The fourth-order valence-corrected chi connectivity index (χ4v) is 2.05. The minimum Gasteiger partial charge on any atom is -0.236 e. The lowest BCUT2D eigenvalue weighted by atomic mass is 10.8. The molecule has 0 atom stereocenters. The Hall–Kier alpha value is -0.220. The first-order valence-electron chi connectivity index (χ1n) is 2.42. The Morgan fingerprint density at radius 2 is 1.36 bits per heavy atom. The molecule has 0 aliphatic carbocycles. The van der Waals surface area contributed by atoms with Crippen molar-refractivity contribution in [3.05, 3.63) is 0 Å². The molecule has 0 heterocycles. The molecule has 0 rings (SSSR count). The van der Waals surface area contributed by atoms with Gasteiger partial charge in [0.15, 0.2) is 6.54 Å². The summed E-state index contributed by atoms with van der Waals surface area (Å²) < 4.78 is 56.5. The summed E-state index contributed by atoms with van der Waals surface area (Å²) in [6.07, 6.45) is 0. The van der Waals surface area contributed by atoms with Crippen LogP contribution >= 0.6 is 0 Å². The van der Waals surface area contributed by atoms with Crippen LogP contribution in [0.4, 0.5) is 0 Å². The van der Waals surface area contributed by atoms with E-state index in [0.717, 1.165) is 6.92 Å². The first kappa shape index (κ1) is 10.8. The zero-order valence-electron chi connectivity index (χ0n) is 5.50. The van der Waals surface area contributed by atoms with Crippen molar-refractivity contribution in [3.8, 4) is 0 Å². The Labute approximate surface area is 64.4 Å². The highest BCUT2D eigenvalue weighted by atomic mass is 32.3. The van der Waals surface area contributed by atoms with Gasteiger partial charge in [0.05, 0.1) is 0 Å². The molecule has 7 nitrogen and oxygen atoms in total. The minimum absolute atomic E-state index is 0.444. The molecule has 0 aromatic rings. The third-order valence-corrected chi connectivity index (χ3v) is 3.45. The van der Waals surface area contributed by atoms with E-state index in [4.69, 9.17) is 9.11 Å². The Kier molecular flexibility index (Phi) is 2.97. The highest BCUT2D eigenvalue weighted by Crippen LogP contribution is 1.97. The maximum atomic E-state index is 10.2. The van der Waals surface area contributed by atoms with Crippen LogP contribution in [0.1, 0.15) is 6.92 Å². The molecule has 9 heteroatoms. The van der Waals surface area contributed by atoms with Crippen LogP contribution < -0.4 is 3.71 Å². The van der Waals surface area contributed by atoms with Crippen molar-refractivity contribution < 1.29 is 25.9 Å². The molecule has 0 saturated heterocycles. The van der Waals surface area contributed by atoms with Gasteiger partial charge in [-0.05, 0) is 6.92 Å². The van der Waals surface area contributed by atoms with Crippen LogP contribution in [0, 0.1) is 0 Å². The van der Waals surface area contributed by atoms with Crippen molar-refractivity contribution in [2.24, 2.45) is 0 Å². The first-order chi connectivity index (χ1) is 4.69. The Morgan fingerprint density at radius 1 is 1.09 bits per heavy atom. The summed E-state index contributed by atoms with van der Waals surface area (Å²) in [5, 5.41) is 0. The maximum Gasteiger partial charge on any atom is 0.499 e. The summed E-state index contributed by atoms with van der Waals surface area (Å²) in [6, 6.07) is 0. The van der Waals surface area contributed by atoms with Crippen molar-refractivity contribution in [3.63, 3.8) is 0 Å². The molecule has 0 saturated carbocycles. The van der Waals surface area contributed by atoms with Crippen LogP contribution in [0.5, 0.6) is 0 Å². The van der Waals surface area contributed by atoms with E-state index < -0.39 is 30.9 Å². The number of nitrogens with zero attached hydrogens (tertiary/aromatic N) is 1. The van der Waals surface area contributed by atoms with E-state index in [1.54, 1.807) is 0 Å². The van der Waals surface area contributed by atoms with Gasteiger partial charge in [0, 0.05) is 0 Å². The van der Waals surface area contributed by atoms with Gasteiger partial charge >= 0.3 is 20.6 Å². The zero-order chi connectivity index (χ0) is 9.28. The molecule has 0 aromatic heterocycles. The van der Waals surface area contributed by atoms with Crippen molar-refractivity contribution in [1.29, 1.82) is 0 Å². The van der Waals surface area contributed by atoms with Gasteiger partial charge in [0.2, 0.25) is 0 Å². The highest BCUT2D eigenvalue weighted by Gasteiger charge is 2.41. The molecular weight excluding hydrogens is 198 g/mol. The van der Waals surface area contributed by atoms with Gasteiger partial charge in [-0.3, -0.25) is 0 Å². The molecule has 0 aliphatic rings. The Bertz CT molecular complexity index is 280. The van der Waals surface area contributed by atoms with E-state index in [1.807, 2.05) is 0 Å². The van der Waals surface area contributed by atoms with E-state index in [1.165, 1.54) is 0 Å². The molecule has 0 bridgehead atoms. The molecule has 0 fully saturated rings. The van der Waals surface area contributed by atoms with Gasteiger partial charge < -0.3 is 0 Å². The quantitative estimate of drug-likeness (QED) is 0.439. The highest BCUT2D eigenvalue weighted by molar-refractivity contribution is 8.00. The molecule has 0 amide bonds. The fraction of sp³-hybridized carbons (Fsp3) is 1.00. The zero-order valence-corrected chi connectivity index (χ0v) is 7.13. The second-order valence-corrected chi connectivity index (χ2v) is 4.45. The van der Waals surface area contributed by atoms with Crippen molar-refractivity contribution in [1.82, 2.24) is 3.71 Å². The Balaban J connectivity index is 5.05. The summed E-state index contributed by atoms with van der Waals surface area (Å²) in [5.41, 5.74) is 0. The largest absolute Gasteiger partial charge is 0.499 e. The van der Waals surface area contributed by atoms with Crippen LogP contribution in [0.3, 0.4) is 0 Å². The molecule has 0 aliphatic heterocycles. The lowest BCUT2D eigenvalue weighted by Crippen LogP contribution is -2.41. The van der Waals surface area contributed by atoms with E-state index in [2.05, 4.69) is 0 Å². The molecule has 0 spiro atoms. The maximum absolute atomic E-state index is 10.2. The summed E-state index contributed by atoms with van der Waals surface area (Å²) in [6.45, 7) is 0.583. The second-order valence-electron chi connectivity index (χ2n) is 1.54. The predicted molar refractivity (Wildman–Crippen MR) is 35.8 cm³/mol. The molecule has 2 N–H and O–H groups in total. The SMILES string of the molecule is CC[N+](S(=O)(=O)O)S(=O)(=O)O. The topological polar surface area (TPSA) is 115 Å². The van der Waals surface area contributed by atoms with Gasteiger partial charge in [-0.25, -0.2) is 9.11 Å². The average molecular weight is 205 g/mol. The van der Waals surface area contributed by atoms with Crippen LogP contribution in [0.15, 0.2) is 0 Å². The number of rotatable bonds is 3. The fourth-order valence-electron chi connectivity index (χ4n) is 0.445. The smallest absolute Gasteiger partial charge is 0.236 e. The van der Waals surface area contributed by atoms with Crippen LogP contribution in [-0.4, -0.2) is 32.5 Å². The normalized spacial score (nSPS) is 13.8. The standard InChI is InChI=1S/C2H7NO6S2/c1-2-3(10(4,5)6)11(7,8)9/h2H2,1H3,(H,4,5,6)(H,7,8,9)/q+1. The van der Waals surface area contributed by atoms with Gasteiger partial charge in [-0.2, -0.15) is 0 Å². The van der Waals surface area contributed by atoms with Gasteiger partial charge in [-0.15, -0.1) is 16.8 Å². The average Bonchev–Trinajstić information content (AvgIpc) is 1.56. The van der Waals surface area contributed by atoms with E-state index in [0.29, 0.717) is 0 Å². The summed E-state index contributed by atoms with van der Waals surface area (Å²) >= 11 is 0. The van der Waals surface area contributed by atoms with E-state index >= 15 is 0 Å². The first-order valence-corrected chi connectivity index (χ1v) is 5.21. The van der Waals surface area contributed by atoms with Crippen LogP contribution in [0.2, 0.25) is 0 Å². The van der Waals surface area contributed by atoms with Crippen LogP contribution in [-0.2, 0) is 20.6 Å². The number of hydrogen-bond acceptors (Lipinski definition) is 4. The predicted octanol–water partition coefficient (Wildman–Crippen LogP) is -1.25. The molecule has 1 radical (unpaired) electrons. The summed E-state index contributed by atoms with van der Waals surface area (Å²) in [4.78, 5) is 0. The number of hydrogen-bond donors (Lipinski definition) is 2. The molecule has 0 aromatic carbocycles. The Morgan fingerprint density at radius 3 is 1.36 bits per heavy atom. The van der Waals surface area contributed by atoms with Crippen molar-refractivity contribution in [2.75, 3.05) is 6.54 Å². The molecule has 0 unspecified atom stereocenters.